The van der Waals surface area contributed by atoms with Crippen LogP contribution in [0.3, 0.4) is 0 Å². The summed E-state index contributed by atoms with van der Waals surface area (Å²) in [4.78, 5) is 22.4. The fourth-order valence-electron chi connectivity index (χ4n) is 2.57. The predicted octanol–water partition coefficient (Wildman–Crippen LogP) is 3.24. The number of amides is 1. The van der Waals surface area contributed by atoms with Crippen molar-refractivity contribution in [2.75, 3.05) is 11.9 Å². The maximum atomic E-state index is 13.3. The lowest BCUT2D eigenvalue weighted by Gasteiger charge is -2.25. The van der Waals surface area contributed by atoms with Crippen LogP contribution in [0.2, 0.25) is 0 Å². The first kappa shape index (κ1) is 15.0. The number of ether oxygens (including phenoxy) is 1. The van der Waals surface area contributed by atoms with Crippen molar-refractivity contribution < 1.29 is 18.8 Å². The second-order valence-electron chi connectivity index (χ2n) is 5.14. The molecule has 0 saturated heterocycles. The van der Waals surface area contributed by atoms with Gasteiger partial charge in [0.2, 0.25) is 11.7 Å². The van der Waals surface area contributed by atoms with Crippen LogP contribution in [0.4, 0.5) is 15.8 Å². The lowest BCUT2D eigenvalue weighted by Crippen LogP contribution is -2.26. The molecule has 1 atom stereocenters. The molecule has 1 amide bonds. The molecular formula is C16H13FN2O4. The summed E-state index contributed by atoms with van der Waals surface area (Å²) in [6.07, 6.45) is 0.506. The standard InChI is InChI=1S/C16H13FN2O4/c17-13-6-5-10(9-14(13)19(21)22)18-16(20)12-7-8-23-15-4-2-1-3-11(12)15/h1-6,9,12H,7-8H2,(H,18,20). The minimum Gasteiger partial charge on any atom is -0.493 e. The van der Waals surface area contributed by atoms with E-state index in [0.717, 1.165) is 17.7 Å². The molecule has 2 aromatic rings. The third kappa shape index (κ3) is 2.98. The maximum Gasteiger partial charge on any atom is 0.306 e. The topological polar surface area (TPSA) is 81.5 Å². The van der Waals surface area contributed by atoms with Crippen LogP contribution in [-0.2, 0) is 4.79 Å². The molecular weight excluding hydrogens is 303 g/mol. The fraction of sp³-hybridized carbons (Fsp3) is 0.188. The van der Waals surface area contributed by atoms with Gasteiger partial charge in [0.1, 0.15) is 5.75 Å². The van der Waals surface area contributed by atoms with Crippen molar-refractivity contribution in [3.63, 3.8) is 0 Å². The van der Waals surface area contributed by atoms with Gasteiger partial charge in [0, 0.05) is 17.3 Å². The molecule has 0 saturated carbocycles. The number of fused-ring (bicyclic) bond motifs is 1. The lowest BCUT2D eigenvalue weighted by molar-refractivity contribution is -0.387. The molecule has 1 unspecified atom stereocenters. The summed E-state index contributed by atoms with van der Waals surface area (Å²) in [5.74, 6) is -1.00. The number of anilines is 1. The Labute approximate surface area is 131 Å². The van der Waals surface area contributed by atoms with Crippen molar-refractivity contribution in [2.24, 2.45) is 0 Å². The summed E-state index contributed by atoms with van der Waals surface area (Å²) in [6.45, 7) is 0.415. The highest BCUT2D eigenvalue weighted by molar-refractivity contribution is 5.96. The SMILES string of the molecule is O=C(Nc1ccc(F)c([N+](=O)[O-])c1)C1CCOc2ccccc21. The Hall–Kier alpha value is -2.96. The molecule has 0 bridgehead atoms. The highest BCUT2D eigenvalue weighted by Crippen LogP contribution is 2.34. The maximum absolute atomic E-state index is 13.3. The van der Waals surface area contributed by atoms with Gasteiger partial charge in [0.05, 0.1) is 17.4 Å². The van der Waals surface area contributed by atoms with E-state index in [2.05, 4.69) is 5.32 Å². The zero-order chi connectivity index (χ0) is 16.4. The van der Waals surface area contributed by atoms with Crippen molar-refractivity contribution in [2.45, 2.75) is 12.3 Å². The number of carbonyl (C=O) groups excluding carboxylic acids is 1. The van der Waals surface area contributed by atoms with Gasteiger partial charge in [-0.1, -0.05) is 18.2 Å². The molecule has 23 heavy (non-hydrogen) atoms. The van der Waals surface area contributed by atoms with E-state index in [1.807, 2.05) is 18.2 Å². The Kier molecular flexibility index (Phi) is 3.92. The molecule has 6 nitrogen and oxygen atoms in total. The Morgan fingerprint density at radius 2 is 2.09 bits per heavy atom. The average molecular weight is 316 g/mol. The molecule has 1 aliphatic rings. The van der Waals surface area contributed by atoms with Crippen molar-refractivity contribution in [1.82, 2.24) is 0 Å². The van der Waals surface area contributed by atoms with Crippen molar-refractivity contribution >= 4 is 17.3 Å². The first-order chi connectivity index (χ1) is 11.1. The number of nitro benzene ring substituents is 1. The number of benzene rings is 2. The fourth-order valence-corrected chi connectivity index (χ4v) is 2.57. The predicted molar refractivity (Wildman–Crippen MR) is 81.0 cm³/mol. The molecule has 1 N–H and O–H groups in total. The molecule has 7 heteroatoms. The molecule has 2 aromatic carbocycles. The minimum atomic E-state index is -0.940. The number of carbonyl (C=O) groups is 1. The Bertz CT molecular complexity index is 778. The molecule has 1 aliphatic heterocycles. The normalized spacial score (nSPS) is 16.1. The first-order valence-corrected chi connectivity index (χ1v) is 7.03. The van der Waals surface area contributed by atoms with Crippen molar-refractivity contribution in [3.8, 4) is 5.75 Å². The van der Waals surface area contributed by atoms with Crippen LogP contribution in [0.15, 0.2) is 42.5 Å². The summed E-state index contributed by atoms with van der Waals surface area (Å²) in [6, 6.07) is 10.5. The number of rotatable bonds is 3. The van der Waals surface area contributed by atoms with Gasteiger partial charge in [0.15, 0.2) is 0 Å². The third-order valence-electron chi connectivity index (χ3n) is 3.69. The summed E-state index contributed by atoms with van der Waals surface area (Å²) in [7, 11) is 0. The van der Waals surface area contributed by atoms with Gasteiger partial charge in [-0.15, -0.1) is 0 Å². The van der Waals surface area contributed by atoms with Gasteiger partial charge in [-0.3, -0.25) is 14.9 Å². The summed E-state index contributed by atoms with van der Waals surface area (Å²) >= 11 is 0. The summed E-state index contributed by atoms with van der Waals surface area (Å²) in [5.41, 5.74) is 0.287. The van der Waals surface area contributed by atoms with E-state index in [1.54, 1.807) is 6.07 Å². The van der Waals surface area contributed by atoms with Gasteiger partial charge in [-0.25, -0.2) is 0 Å². The molecule has 0 aromatic heterocycles. The highest BCUT2D eigenvalue weighted by Gasteiger charge is 2.28. The zero-order valence-corrected chi connectivity index (χ0v) is 12.0. The summed E-state index contributed by atoms with van der Waals surface area (Å²) < 4.78 is 18.8. The molecule has 0 fully saturated rings. The smallest absolute Gasteiger partial charge is 0.306 e. The number of nitrogens with zero attached hydrogens (tertiary/aromatic N) is 1. The number of nitro groups is 1. The lowest BCUT2D eigenvalue weighted by atomic mass is 9.92. The quantitative estimate of drug-likeness (QED) is 0.696. The monoisotopic (exact) mass is 316 g/mol. The van der Waals surface area contributed by atoms with E-state index in [1.165, 1.54) is 6.07 Å². The van der Waals surface area contributed by atoms with E-state index in [-0.39, 0.29) is 11.6 Å². The number of halogens is 1. The van der Waals surface area contributed by atoms with Crippen LogP contribution < -0.4 is 10.1 Å². The van der Waals surface area contributed by atoms with Crippen LogP contribution >= 0.6 is 0 Å². The van der Waals surface area contributed by atoms with Crippen LogP contribution in [-0.4, -0.2) is 17.4 Å². The van der Waals surface area contributed by atoms with Crippen LogP contribution in [0.5, 0.6) is 5.75 Å². The zero-order valence-electron chi connectivity index (χ0n) is 12.0. The Morgan fingerprint density at radius 1 is 1.30 bits per heavy atom. The molecule has 0 radical (unpaired) electrons. The number of hydrogen-bond donors (Lipinski definition) is 1. The summed E-state index contributed by atoms with van der Waals surface area (Å²) in [5, 5.41) is 13.4. The molecule has 0 aliphatic carbocycles. The average Bonchev–Trinajstić information content (AvgIpc) is 2.55. The van der Waals surface area contributed by atoms with Crippen LogP contribution in [0.1, 0.15) is 17.9 Å². The van der Waals surface area contributed by atoms with E-state index in [9.17, 15) is 19.3 Å². The van der Waals surface area contributed by atoms with E-state index in [4.69, 9.17) is 4.74 Å². The van der Waals surface area contributed by atoms with Gasteiger partial charge in [-0.2, -0.15) is 4.39 Å². The van der Waals surface area contributed by atoms with Crippen LogP contribution in [0, 0.1) is 15.9 Å². The number of para-hydroxylation sites is 1. The Morgan fingerprint density at radius 3 is 2.87 bits per heavy atom. The van der Waals surface area contributed by atoms with Crippen LogP contribution in [0.25, 0.3) is 0 Å². The van der Waals surface area contributed by atoms with Crippen molar-refractivity contribution in [3.05, 3.63) is 64.0 Å². The largest absolute Gasteiger partial charge is 0.493 e. The van der Waals surface area contributed by atoms with Crippen molar-refractivity contribution in [1.29, 1.82) is 0 Å². The van der Waals surface area contributed by atoms with Gasteiger partial charge >= 0.3 is 5.69 Å². The molecule has 1 heterocycles. The molecule has 3 rings (SSSR count). The molecule has 0 spiro atoms. The van der Waals surface area contributed by atoms with E-state index in [0.29, 0.717) is 18.8 Å². The van der Waals surface area contributed by atoms with Gasteiger partial charge in [-0.05, 0) is 24.6 Å². The second kappa shape index (κ2) is 6.04. The second-order valence-corrected chi connectivity index (χ2v) is 5.14. The van der Waals surface area contributed by atoms with E-state index >= 15 is 0 Å². The number of hydrogen-bond acceptors (Lipinski definition) is 4. The third-order valence-corrected chi connectivity index (χ3v) is 3.69. The minimum absolute atomic E-state index is 0.187. The van der Waals surface area contributed by atoms with Gasteiger partial charge in [0.25, 0.3) is 0 Å². The van der Waals surface area contributed by atoms with Gasteiger partial charge < -0.3 is 10.1 Å². The van der Waals surface area contributed by atoms with E-state index < -0.39 is 22.3 Å². The highest BCUT2D eigenvalue weighted by atomic mass is 19.1. The molecule has 118 valence electrons. The first-order valence-electron chi connectivity index (χ1n) is 7.03. The number of nitrogens with one attached hydrogen (secondary N) is 1. The Balaban J connectivity index is 1.83.